The minimum Gasteiger partial charge on any atom is -0.328 e. The third kappa shape index (κ3) is 2.04. The van der Waals surface area contributed by atoms with E-state index in [4.69, 9.17) is 12.2 Å². The molecule has 0 amide bonds. The number of nitrogens with one attached hydrogen (secondary N) is 1. The number of aryl methyl sites for hydroxylation is 2. The number of aromatic amines is 1. The molecule has 0 aliphatic heterocycles. The first-order chi connectivity index (χ1) is 9.04. The number of fused-ring (bicyclic) bond motifs is 1. The van der Waals surface area contributed by atoms with E-state index in [-0.39, 0.29) is 0 Å². The van der Waals surface area contributed by atoms with Crippen LogP contribution in [0.25, 0.3) is 11.2 Å². The predicted octanol–water partition coefficient (Wildman–Crippen LogP) is 3.80. The lowest BCUT2D eigenvalue weighted by atomic mass is 9.89. The molecule has 1 saturated carbocycles. The van der Waals surface area contributed by atoms with Gasteiger partial charge in [-0.1, -0.05) is 19.8 Å². The minimum absolute atomic E-state index is 0.393. The Balaban J connectivity index is 2.12. The molecule has 1 aliphatic carbocycles. The molecule has 4 nitrogen and oxygen atoms in total. The van der Waals surface area contributed by atoms with Crippen LogP contribution in [-0.4, -0.2) is 19.3 Å². The maximum atomic E-state index is 5.52. The summed E-state index contributed by atoms with van der Waals surface area (Å²) in [6.45, 7) is 8.45. The fourth-order valence-corrected chi connectivity index (χ4v) is 3.65. The summed E-state index contributed by atoms with van der Waals surface area (Å²) in [5.74, 6) is 0. The maximum Gasteiger partial charge on any atom is 0.179 e. The molecule has 0 spiro atoms. The van der Waals surface area contributed by atoms with Crippen molar-refractivity contribution in [2.24, 2.45) is 5.41 Å². The number of imidazole rings is 1. The highest BCUT2D eigenvalue weighted by Crippen LogP contribution is 2.39. The van der Waals surface area contributed by atoms with Gasteiger partial charge in [0, 0.05) is 13.1 Å². The van der Waals surface area contributed by atoms with Crippen molar-refractivity contribution in [3.63, 3.8) is 0 Å². The Morgan fingerprint density at radius 2 is 2.05 bits per heavy atom. The first-order valence-electron chi connectivity index (χ1n) is 7.20. The summed E-state index contributed by atoms with van der Waals surface area (Å²) >= 11 is 5.52. The van der Waals surface area contributed by atoms with Gasteiger partial charge in [-0.2, -0.15) is 5.10 Å². The molecule has 0 aromatic carbocycles. The molecule has 19 heavy (non-hydrogen) atoms. The zero-order valence-electron chi connectivity index (χ0n) is 12.0. The number of hydrogen-bond donors (Lipinski definition) is 1. The summed E-state index contributed by atoms with van der Waals surface area (Å²) < 4.78 is 5.17. The van der Waals surface area contributed by atoms with E-state index < -0.39 is 0 Å². The van der Waals surface area contributed by atoms with Gasteiger partial charge in [0.25, 0.3) is 0 Å². The van der Waals surface area contributed by atoms with Crippen LogP contribution in [-0.2, 0) is 13.1 Å². The Morgan fingerprint density at radius 3 is 2.68 bits per heavy atom. The standard InChI is InChI=1S/C14H22N4S/c1-4-18-12-11(10(2)16-18)15-13(19)17(12)9-14(3)7-5-6-8-14/h4-9H2,1-3H3,(H,15,19). The zero-order chi connectivity index (χ0) is 13.6. The molecule has 1 fully saturated rings. The van der Waals surface area contributed by atoms with E-state index in [9.17, 15) is 0 Å². The van der Waals surface area contributed by atoms with Crippen LogP contribution in [0, 0.1) is 17.1 Å². The molecule has 104 valence electrons. The summed E-state index contributed by atoms with van der Waals surface area (Å²) in [7, 11) is 0. The lowest BCUT2D eigenvalue weighted by Gasteiger charge is -2.24. The molecule has 5 heteroatoms. The molecule has 0 atom stereocenters. The molecule has 3 rings (SSSR count). The second-order valence-corrected chi connectivity index (χ2v) is 6.52. The second kappa shape index (κ2) is 4.47. The highest BCUT2D eigenvalue weighted by Gasteiger charge is 2.30. The van der Waals surface area contributed by atoms with Crippen LogP contribution in [0.1, 0.15) is 45.2 Å². The van der Waals surface area contributed by atoms with Crippen molar-refractivity contribution in [1.29, 1.82) is 0 Å². The summed E-state index contributed by atoms with van der Waals surface area (Å²) in [6, 6.07) is 0. The quantitative estimate of drug-likeness (QED) is 0.867. The van der Waals surface area contributed by atoms with Crippen molar-refractivity contribution in [3.8, 4) is 0 Å². The van der Waals surface area contributed by atoms with Gasteiger partial charge in [-0.15, -0.1) is 0 Å². The SMILES string of the molecule is CCn1nc(C)c2[nH]c(=S)n(CC3(C)CCCC3)c21. The minimum atomic E-state index is 0.393. The maximum absolute atomic E-state index is 5.52. The van der Waals surface area contributed by atoms with Gasteiger partial charge in [-0.05, 0) is 44.3 Å². The summed E-state index contributed by atoms with van der Waals surface area (Å²) in [6.07, 6.45) is 5.31. The third-order valence-electron chi connectivity index (χ3n) is 4.48. The molecule has 0 saturated heterocycles. The van der Waals surface area contributed by atoms with Gasteiger partial charge in [0.2, 0.25) is 0 Å². The number of hydrogen-bond acceptors (Lipinski definition) is 2. The van der Waals surface area contributed by atoms with E-state index in [1.807, 2.05) is 6.92 Å². The summed E-state index contributed by atoms with van der Waals surface area (Å²) in [5, 5.41) is 4.59. The lowest BCUT2D eigenvalue weighted by Crippen LogP contribution is -2.20. The monoisotopic (exact) mass is 278 g/mol. The van der Waals surface area contributed by atoms with Crippen molar-refractivity contribution in [3.05, 3.63) is 10.5 Å². The third-order valence-corrected chi connectivity index (χ3v) is 4.81. The average Bonchev–Trinajstić information content (AvgIpc) is 3.00. The van der Waals surface area contributed by atoms with Crippen molar-refractivity contribution < 1.29 is 0 Å². The molecule has 2 heterocycles. The topological polar surface area (TPSA) is 38.5 Å². The summed E-state index contributed by atoms with van der Waals surface area (Å²) in [4.78, 5) is 3.34. The molecule has 2 aromatic heterocycles. The number of H-pyrrole nitrogens is 1. The van der Waals surface area contributed by atoms with Crippen LogP contribution >= 0.6 is 12.2 Å². The van der Waals surface area contributed by atoms with Crippen molar-refractivity contribution in [2.75, 3.05) is 0 Å². The molecular formula is C14H22N4S. The van der Waals surface area contributed by atoms with Crippen LogP contribution in [0.4, 0.5) is 0 Å². The smallest absolute Gasteiger partial charge is 0.179 e. The van der Waals surface area contributed by atoms with Crippen molar-refractivity contribution >= 4 is 23.4 Å². The number of rotatable bonds is 3. The fraction of sp³-hybridized carbons (Fsp3) is 0.714. The molecule has 0 bridgehead atoms. The largest absolute Gasteiger partial charge is 0.328 e. The van der Waals surface area contributed by atoms with Gasteiger partial charge < -0.3 is 9.55 Å². The highest BCUT2D eigenvalue weighted by atomic mass is 32.1. The molecule has 1 N–H and O–H groups in total. The van der Waals surface area contributed by atoms with E-state index in [0.717, 1.165) is 34.7 Å². The number of aromatic nitrogens is 4. The zero-order valence-corrected chi connectivity index (χ0v) is 12.8. The lowest BCUT2D eigenvalue weighted by molar-refractivity contribution is 0.282. The summed E-state index contributed by atoms with van der Waals surface area (Å²) in [5.41, 5.74) is 3.70. The molecule has 0 unspecified atom stereocenters. The van der Waals surface area contributed by atoms with Crippen LogP contribution in [0.15, 0.2) is 0 Å². The first-order valence-corrected chi connectivity index (χ1v) is 7.61. The Labute approximate surface area is 118 Å². The van der Waals surface area contributed by atoms with E-state index in [2.05, 4.69) is 33.2 Å². The van der Waals surface area contributed by atoms with Gasteiger partial charge in [0.1, 0.15) is 5.52 Å². The normalized spacial score (nSPS) is 18.5. The molecule has 2 aromatic rings. The van der Waals surface area contributed by atoms with Gasteiger partial charge in [0.05, 0.1) is 5.69 Å². The van der Waals surface area contributed by atoms with E-state index in [0.29, 0.717) is 5.41 Å². The van der Waals surface area contributed by atoms with Crippen LogP contribution < -0.4 is 0 Å². The average molecular weight is 278 g/mol. The van der Waals surface area contributed by atoms with E-state index in [1.54, 1.807) is 0 Å². The molecule has 1 aliphatic rings. The van der Waals surface area contributed by atoms with Gasteiger partial charge in [-0.3, -0.25) is 0 Å². The van der Waals surface area contributed by atoms with E-state index >= 15 is 0 Å². The second-order valence-electron chi connectivity index (χ2n) is 6.13. The Bertz CT molecular complexity index is 655. The van der Waals surface area contributed by atoms with Crippen LogP contribution in [0.2, 0.25) is 0 Å². The molecular weight excluding hydrogens is 256 g/mol. The van der Waals surface area contributed by atoms with Crippen LogP contribution in [0.5, 0.6) is 0 Å². The Morgan fingerprint density at radius 1 is 1.37 bits per heavy atom. The van der Waals surface area contributed by atoms with Gasteiger partial charge >= 0.3 is 0 Å². The van der Waals surface area contributed by atoms with Gasteiger partial charge in [0.15, 0.2) is 10.4 Å². The van der Waals surface area contributed by atoms with Crippen molar-refractivity contribution in [2.45, 2.75) is 59.5 Å². The Kier molecular flexibility index (Phi) is 3.04. The Hall–Kier alpha value is -1.10. The van der Waals surface area contributed by atoms with Crippen LogP contribution in [0.3, 0.4) is 0 Å². The highest BCUT2D eigenvalue weighted by molar-refractivity contribution is 7.71. The fourth-order valence-electron chi connectivity index (χ4n) is 3.40. The van der Waals surface area contributed by atoms with E-state index in [1.165, 1.54) is 25.7 Å². The molecule has 0 radical (unpaired) electrons. The first kappa shape index (κ1) is 12.9. The van der Waals surface area contributed by atoms with Gasteiger partial charge in [-0.25, -0.2) is 4.68 Å². The number of nitrogens with zero attached hydrogens (tertiary/aromatic N) is 3. The predicted molar refractivity (Wildman–Crippen MR) is 79.9 cm³/mol. The van der Waals surface area contributed by atoms with Crippen molar-refractivity contribution in [1.82, 2.24) is 19.3 Å².